The minimum atomic E-state index is -0.488. The highest BCUT2D eigenvalue weighted by molar-refractivity contribution is 9.10. The molecule has 2 aromatic heterocycles. The topological polar surface area (TPSA) is 79.2 Å². The Hall–Kier alpha value is -3.04. The molecule has 3 rings (SSSR count). The highest BCUT2D eigenvalue weighted by Gasteiger charge is 2.12. The van der Waals surface area contributed by atoms with Crippen molar-refractivity contribution in [2.45, 2.75) is 13.5 Å². The number of rotatable bonds is 5. The van der Waals surface area contributed by atoms with Crippen LogP contribution in [0.1, 0.15) is 17.1 Å². The number of hydrogen-bond acceptors (Lipinski definition) is 4. The zero-order valence-corrected chi connectivity index (χ0v) is 15.5. The number of nitrogens with zero attached hydrogens (tertiary/aromatic N) is 1. The molecule has 0 saturated heterocycles. The average molecular weight is 411 g/mol. The first-order valence-electron chi connectivity index (χ1n) is 7.85. The smallest absolute Gasteiger partial charge is 0.262 e. The lowest BCUT2D eigenvalue weighted by Gasteiger charge is -2.02. The average Bonchev–Trinajstić information content (AvgIpc) is 3.29. The highest BCUT2D eigenvalue weighted by Crippen LogP contribution is 2.31. The first-order chi connectivity index (χ1) is 12.6. The molecule has 0 aliphatic heterocycles. The Morgan fingerprint density at radius 1 is 1.31 bits per heavy atom. The van der Waals surface area contributed by atoms with Gasteiger partial charge in [0.1, 0.15) is 28.9 Å². The number of hydrogen-bond donors (Lipinski definition) is 1. The lowest BCUT2D eigenvalue weighted by atomic mass is 10.1. The van der Waals surface area contributed by atoms with E-state index >= 15 is 0 Å². The summed E-state index contributed by atoms with van der Waals surface area (Å²) in [6.45, 7) is 2.22. The van der Waals surface area contributed by atoms with E-state index in [9.17, 15) is 10.1 Å². The van der Waals surface area contributed by atoms with Crippen LogP contribution >= 0.6 is 15.9 Å². The van der Waals surface area contributed by atoms with Gasteiger partial charge < -0.3 is 14.2 Å². The van der Waals surface area contributed by atoms with Crippen LogP contribution in [-0.4, -0.2) is 5.91 Å². The van der Waals surface area contributed by atoms with Crippen LogP contribution in [0.3, 0.4) is 0 Å². The van der Waals surface area contributed by atoms with Crippen LogP contribution in [0.4, 0.5) is 0 Å². The van der Waals surface area contributed by atoms with Crippen molar-refractivity contribution in [2.24, 2.45) is 0 Å². The molecule has 6 heteroatoms. The Balaban J connectivity index is 1.76. The molecule has 0 aliphatic carbocycles. The van der Waals surface area contributed by atoms with Crippen LogP contribution in [0.25, 0.3) is 17.4 Å². The van der Waals surface area contributed by atoms with E-state index in [1.807, 2.05) is 31.2 Å². The second kappa shape index (κ2) is 7.89. The Bertz CT molecular complexity index is 994. The minimum absolute atomic E-state index is 0.0413. The maximum absolute atomic E-state index is 12.1. The highest BCUT2D eigenvalue weighted by atomic mass is 79.9. The fourth-order valence-electron chi connectivity index (χ4n) is 2.36. The van der Waals surface area contributed by atoms with Crippen molar-refractivity contribution in [1.82, 2.24) is 5.32 Å². The van der Waals surface area contributed by atoms with Gasteiger partial charge in [-0.15, -0.1) is 0 Å². The minimum Gasteiger partial charge on any atom is -0.467 e. The number of halogens is 1. The third-order valence-corrected chi connectivity index (χ3v) is 4.33. The normalized spacial score (nSPS) is 11.2. The van der Waals surface area contributed by atoms with Crippen LogP contribution in [0.15, 0.2) is 67.6 Å². The van der Waals surface area contributed by atoms with Crippen molar-refractivity contribution >= 4 is 27.9 Å². The summed E-state index contributed by atoms with van der Waals surface area (Å²) in [6.07, 6.45) is 2.94. The van der Waals surface area contributed by atoms with Crippen molar-refractivity contribution in [3.8, 4) is 17.4 Å². The van der Waals surface area contributed by atoms with E-state index in [2.05, 4.69) is 21.2 Å². The number of nitrogens with one attached hydrogen (secondary N) is 1. The molecule has 0 aliphatic rings. The molecule has 0 fully saturated rings. The number of benzene rings is 1. The van der Waals surface area contributed by atoms with Crippen LogP contribution in [0.5, 0.6) is 0 Å². The zero-order valence-electron chi connectivity index (χ0n) is 14.0. The number of nitriles is 1. The van der Waals surface area contributed by atoms with Gasteiger partial charge in [0.15, 0.2) is 0 Å². The summed E-state index contributed by atoms with van der Waals surface area (Å²) in [6, 6.07) is 14.8. The van der Waals surface area contributed by atoms with E-state index in [0.717, 1.165) is 15.6 Å². The van der Waals surface area contributed by atoms with Gasteiger partial charge in [0.25, 0.3) is 5.91 Å². The zero-order chi connectivity index (χ0) is 18.5. The van der Waals surface area contributed by atoms with Gasteiger partial charge in [-0.25, -0.2) is 0 Å². The molecule has 26 heavy (non-hydrogen) atoms. The Morgan fingerprint density at radius 2 is 2.15 bits per heavy atom. The molecular formula is C20H15BrN2O3. The molecule has 0 bridgehead atoms. The molecule has 0 atom stereocenters. The first kappa shape index (κ1) is 17.8. The predicted molar refractivity (Wildman–Crippen MR) is 101 cm³/mol. The van der Waals surface area contributed by atoms with Crippen LogP contribution in [0, 0.1) is 18.3 Å². The van der Waals surface area contributed by atoms with Crippen molar-refractivity contribution in [1.29, 1.82) is 5.26 Å². The standard InChI is InChI=1S/C20H15BrN2O3/c1-13-4-6-17(18(21)9-13)19-7-5-15(26-19)10-14(11-22)20(24)23-12-16-3-2-8-25-16/h2-10H,12H2,1H3,(H,23,24)/b14-10+. The van der Waals surface area contributed by atoms with Gasteiger partial charge in [-0.05, 0) is 48.9 Å². The molecule has 0 unspecified atom stereocenters. The number of amides is 1. The van der Waals surface area contributed by atoms with Gasteiger partial charge in [-0.2, -0.15) is 5.26 Å². The third-order valence-electron chi connectivity index (χ3n) is 3.67. The maximum atomic E-state index is 12.1. The molecule has 5 nitrogen and oxygen atoms in total. The quantitative estimate of drug-likeness (QED) is 0.482. The van der Waals surface area contributed by atoms with Crippen LogP contribution in [0.2, 0.25) is 0 Å². The summed E-state index contributed by atoms with van der Waals surface area (Å²) in [4.78, 5) is 12.1. The Kier molecular flexibility index (Phi) is 5.40. The fraction of sp³-hybridized carbons (Fsp3) is 0.100. The predicted octanol–water partition coefficient (Wildman–Crippen LogP) is 4.83. The molecular weight excluding hydrogens is 396 g/mol. The van der Waals surface area contributed by atoms with Crippen LogP contribution < -0.4 is 5.32 Å². The van der Waals surface area contributed by atoms with Gasteiger partial charge in [-0.1, -0.05) is 22.0 Å². The molecule has 1 aromatic carbocycles. The van der Waals surface area contributed by atoms with E-state index < -0.39 is 5.91 Å². The van der Waals surface area contributed by atoms with E-state index in [1.165, 1.54) is 12.3 Å². The summed E-state index contributed by atoms with van der Waals surface area (Å²) < 4.78 is 11.8. The molecule has 0 radical (unpaired) electrons. The van der Waals surface area contributed by atoms with E-state index in [0.29, 0.717) is 17.3 Å². The lowest BCUT2D eigenvalue weighted by Crippen LogP contribution is -2.23. The summed E-state index contributed by atoms with van der Waals surface area (Å²) in [5.41, 5.74) is 1.99. The largest absolute Gasteiger partial charge is 0.467 e. The first-order valence-corrected chi connectivity index (χ1v) is 8.65. The van der Waals surface area contributed by atoms with Crippen molar-refractivity contribution < 1.29 is 13.6 Å². The Labute approximate surface area is 159 Å². The third kappa shape index (κ3) is 4.13. The van der Waals surface area contributed by atoms with Gasteiger partial charge in [0.05, 0.1) is 12.8 Å². The Morgan fingerprint density at radius 3 is 2.85 bits per heavy atom. The van der Waals surface area contributed by atoms with Crippen molar-refractivity contribution in [3.63, 3.8) is 0 Å². The number of aryl methyl sites for hydroxylation is 1. The molecule has 3 aromatic rings. The molecule has 0 saturated carbocycles. The van der Waals surface area contributed by atoms with Gasteiger partial charge in [0.2, 0.25) is 0 Å². The second-order valence-corrected chi connectivity index (χ2v) is 6.47. The summed E-state index contributed by atoms with van der Waals surface area (Å²) in [7, 11) is 0. The van der Waals surface area contributed by atoms with E-state index in [1.54, 1.807) is 24.3 Å². The summed E-state index contributed by atoms with van der Waals surface area (Å²) >= 11 is 3.52. The maximum Gasteiger partial charge on any atom is 0.262 e. The molecule has 1 amide bonds. The van der Waals surface area contributed by atoms with Gasteiger partial charge >= 0.3 is 0 Å². The van der Waals surface area contributed by atoms with Crippen LogP contribution in [-0.2, 0) is 11.3 Å². The lowest BCUT2D eigenvalue weighted by molar-refractivity contribution is -0.117. The number of carbonyl (C=O) groups is 1. The summed E-state index contributed by atoms with van der Waals surface area (Å²) in [5.74, 6) is 1.20. The number of furan rings is 2. The molecule has 1 N–H and O–H groups in total. The molecule has 2 heterocycles. The molecule has 130 valence electrons. The van der Waals surface area contributed by atoms with Crippen molar-refractivity contribution in [3.05, 3.63) is 75.9 Å². The summed E-state index contributed by atoms with van der Waals surface area (Å²) in [5, 5.41) is 11.9. The molecule has 0 spiro atoms. The van der Waals surface area contributed by atoms with Crippen molar-refractivity contribution in [2.75, 3.05) is 0 Å². The number of carbonyl (C=O) groups excluding carboxylic acids is 1. The second-order valence-electron chi connectivity index (χ2n) is 5.62. The van der Waals surface area contributed by atoms with E-state index in [4.69, 9.17) is 8.83 Å². The van der Waals surface area contributed by atoms with Gasteiger partial charge in [0, 0.05) is 16.1 Å². The fourth-order valence-corrected chi connectivity index (χ4v) is 3.05. The monoisotopic (exact) mass is 410 g/mol. The van der Waals surface area contributed by atoms with Gasteiger partial charge in [-0.3, -0.25) is 4.79 Å². The SMILES string of the molecule is Cc1ccc(-c2ccc(/C=C(\C#N)C(=O)NCc3ccco3)o2)c(Br)c1. The van der Waals surface area contributed by atoms with E-state index in [-0.39, 0.29) is 12.1 Å².